The summed E-state index contributed by atoms with van der Waals surface area (Å²) < 4.78 is 9.12. The van der Waals surface area contributed by atoms with Crippen LogP contribution in [0.5, 0.6) is 5.88 Å². The van der Waals surface area contributed by atoms with Gasteiger partial charge in [-0.15, -0.1) is 0 Å². The smallest absolute Gasteiger partial charge is 0.218 e. The summed E-state index contributed by atoms with van der Waals surface area (Å²) in [5.74, 6) is 1.36. The van der Waals surface area contributed by atoms with Crippen molar-refractivity contribution in [3.63, 3.8) is 0 Å². The Hall–Kier alpha value is -2.42. The zero-order chi connectivity index (χ0) is 13.1. The number of aryl methyl sites for hydroxylation is 1. The van der Waals surface area contributed by atoms with Crippen LogP contribution in [0.25, 0.3) is 0 Å². The molecule has 2 N–H and O–H groups in total. The number of hydrogen-bond donors (Lipinski definition) is 1. The van der Waals surface area contributed by atoms with E-state index in [1.165, 1.54) is 0 Å². The summed E-state index contributed by atoms with van der Waals surface area (Å²) in [4.78, 5) is 4.23. The molecule has 0 amide bonds. The van der Waals surface area contributed by atoms with Crippen LogP contribution in [0.15, 0.2) is 18.5 Å². The van der Waals surface area contributed by atoms with Crippen LogP contribution in [0.2, 0.25) is 0 Å². The van der Waals surface area contributed by atoms with Gasteiger partial charge in [0.25, 0.3) is 0 Å². The Bertz CT molecular complexity index is 590. The van der Waals surface area contributed by atoms with Gasteiger partial charge < -0.3 is 15.0 Å². The van der Waals surface area contributed by atoms with E-state index >= 15 is 0 Å². The highest BCUT2D eigenvalue weighted by atomic mass is 16.5. The van der Waals surface area contributed by atoms with Crippen molar-refractivity contribution < 1.29 is 4.74 Å². The molecule has 2 heterocycles. The third kappa shape index (κ3) is 2.02. The molecule has 0 saturated carbocycles. The Morgan fingerprint density at radius 3 is 2.89 bits per heavy atom. The lowest BCUT2D eigenvalue weighted by Crippen LogP contribution is -2.10. The molecule has 0 aliphatic carbocycles. The maximum absolute atomic E-state index is 9.11. The first-order valence-electron chi connectivity index (χ1n) is 5.65. The molecule has 0 unspecified atom stereocenters. The summed E-state index contributed by atoms with van der Waals surface area (Å²) in [6, 6.07) is 3.73. The lowest BCUT2D eigenvalue weighted by molar-refractivity contribution is 0.312. The molecule has 0 aliphatic rings. The van der Waals surface area contributed by atoms with Gasteiger partial charge in [0.05, 0.1) is 18.8 Å². The van der Waals surface area contributed by atoms with Gasteiger partial charge in [-0.3, -0.25) is 4.57 Å². The van der Waals surface area contributed by atoms with E-state index in [0.29, 0.717) is 30.4 Å². The predicted octanol–water partition coefficient (Wildman–Crippen LogP) is 1.12. The zero-order valence-corrected chi connectivity index (χ0v) is 10.4. The van der Waals surface area contributed by atoms with Gasteiger partial charge in [-0.2, -0.15) is 5.26 Å². The molecule has 18 heavy (non-hydrogen) atoms. The van der Waals surface area contributed by atoms with Crippen molar-refractivity contribution in [2.45, 2.75) is 13.5 Å². The Morgan fingerprint density at radius 2 is 2.33 bits per heavy atom. The fraction of sp³-hybridized carbons (Fsp3) is 0.333. The van der Waals surface area contributed by atoms with Gasteiger partial charge in [0.15, 0.2) is 0 Å². The molecule has 6 nitrogen and oxygen atoms in total. The van der Waals surface area contributed by atoms with Crippen molar-refractivity contribution in [2.75, 3.05) is 12.3 Å². The number of aromatic nitrogens is 3. The van der Waals surface area contributed by atoms with E-state index in [2.05, 4.69) is 11.1 Å². The molecule has 2 aromatic rings. The van der Waals surface area contributed by atoms with Crippen LogP contribution in [0.1, 0.15) is 18.4 Å². The van der Waals surface area contributed by atoms with Crippen LogP contribution in [-0.4, -0.2) is 20.7 Å². The van der Waals surface area contributed by atoms with Gasteiger partial charge in [-0.1, -0.05) is 0 Å². The van der Waals surface area contributed by atoms with E-state index in [-0.39, 0.29) is 0 Å². The number of hydrogen-bond acceptors (Lipinski definition) is 4. The van der Waals surface area contributed by atoms with Gasteiger partial charge in [0, 0.05) is 25.5 Å². The molecule has 0 fully saturated rings. The number of nitrogen functional groups attached to an aromatic ring is 1. The van der Waals surface area contributed by atoms with E-state index < -0.39 is 0 Å². The van der Waals surface area contributed by atoms with Crippen molar-refractivity contribution in [3.05, 3.63) is 30.0 Å². The summed E-state index contributed by atoms with van der Waals surface area (Å²) in [5, 5.41) is 9.11. The lowest BCUT2D eigenvalue weighted by Gasteiger charge is -2.11. The Labute approximate surface area is 105 Å². The molecule has 0 bridgehead atoms. The van der Waals surface area contributed by atoms with E-state index in [9.17, 15) is 0 Å². The van der Waals surface area contributed by atoms with Crippen LogP contribution < -0.4 is 10.5 Å². The average Bonchev–Trinajstić information content (AvgIpc) is 2.88. The van der Waals surface area contributed by atoms with Crippen LogP contribution in [-0.2, 0) is 13.6 Å². The molecule has 0 aliphatic heterocycles. The van der Waals surface area contributed by atoms with E-state index in [1.54, 1.807) is 16.8 Å². The first kappa shape index (κ1) is 12.0. The minimum atomic E-state index is 0.457. The van der Waals surface area contributed by atoms with Crippen molar-refractivity contribution in [3.8, 4) is 11.9 Å². The normalized spacial score (nSPS) is 10.3. The van der Waals surface area contributed by atoms with E-state index in [0.717, 1.165) is 5.82 Å². The van der Waals surface area contributed by atoms with Crippen molar-refractivity contribution >= 4 is 5.69 Å². The number of imidazole rings is 1. The van der Waals surface area contributed by atoms with Crippen LogP contribution in [0, 0.1) is 11.3 Å². The summed E-state index contributed by atoms with van der Waals surface area (Å²) in [6.07, 6.45) is 3.57. The van der Waals surface area contributed by atoms with Gasteiger partial charge in [-0.25, -0.2) is 4.98 Å². The number of nitriles is 1. The first-order valence-corrected chi connectivity index (χ1v) is 5.65. The summed E-state index contributed by atoms with van der Waals surface area (Å²) in [6.45, 7) is 2.84. The molecule has 0 radical (unpaired) electrons. The standard InChI is InChI=1S/C12H15N5O/c1-3-18-12-10(14)6-9(7-13)17(12)8-11-15-4-5-16(11)2/h4-6H,3,8,14H2,1-2H3. The largest absolute Gasteiger partial charge is 0.478 e. The molecule has 94 valence electrons. The highest BCUT2D eigenvalue weighted by Gasteiger charge is 2.15. The minimum Gasteiger partial charge on any atom is -0.478 e. The highest BCUT2D eigenvalue weighted by Crippen LogP contribution is 2.27. The first-order chi connectivity index (χ1) is 8.67. The van der Waals surface area contributed by atoms with Gasteiger partial charge >= 0.3 is 0 Å². The number of rotatable bonds is 4. The van der Waals surface area contributed by atoms with Crippen molar-refractivity contribution in [1.29, 1.82) is 5.26 Å². The zero-order valence-electron chi connectivity index (χ0n) is 10.4. The number of nitrogens with two attached hydrogens (primary N) is 1. The van der Waals surface area contributed by atoms with Crippen molar-refractivity contribution in [1.82, 2.24) is 14.1 Å². The SMILES string of the molecule is CCOc1c(N)cc(C#N)n1Cc1nccn1C. The molecule has 2 rings (SSSR count). The predicted molar refractivity (Wildman–Crippen MR) is 67.0 cm³/mol. The molecule has 2 aromatic heterocycles. The second-order valence-electron chi connectivity index (χ2n) is 3.88. The maximum atomic E-state index is 9.11. The van der Waals surface area contributed by atoms with Crippen LogP contribution in [0.4, 0.5) is 5.69 Å². The number of nitrogens with zero attached hydrogens (tertiary/aromatic N) is 4. The van der Waals surface area contributed by atoms with Crippen LogP contribution >= 0.6 is 0 Å². The lowest BCUT2D eigenvalue weighted by atomic mass is 10.4. The van der Waals surface area contributed by atoms with E-state index in [1.807, 2.05) is 24.7 Å². The molecule has 0 aromatic carbocycles. The number of anilines is 1. The third-order valence-electron chi connectivity index (χ3n) is 2.69. The van der Waals surface area contributed by atoms with Crippen molar-refractivity contribution in [2.24, 2.45) is 7.05 Å². The third-order valence-corrected chi connectivity index (χ3v) is 2.69. The monoisotopic (exact) mass is 245 g/mol. The summed E-state index contributed by atoms with van der Waals surface area (Å²) in [7, 11) is 1.90. The summed E-state index contributed by atoms with van der Waals surface area (Å²) >= 11 is 0. The van der Waals surface area contributed by atoms with Gasteiger partial charge in [0.1, 0.15) is 17.6 Å². The second-order valence-corrected chi connectivity index (χ2v) is 3.88. The van der Waals surface area contributed by atoms with Gasteiger partial charge in [-0.05, 0) is 6.92 Å². The molecular formula is C12H15N5O. The Kier molecular flexibility index (Phi) is 3.24. The van der Waals surface area contributed by atoms with E-state index in [4.69, 9.17) is 15.7 Å². The minimum absolute atomic E-state index is 0.457. The fourth-order valence-electron chi connectivity index (χ4n) is 1.79. The Morgan fingerprint density at radius 1 is 1.56 bits per heavy atom. The highest BCUT2D eigenvalue weighted by molar-refractivity contribution is 5.55. The Balaban J connectivity index is 2.42. The molecule has 6 heteroatoms. The molecule has 0 saturated heterocycles. The van der Waals surface area contributed by atoms with Gasteiger partial charge in [0.2, 0.25) is 5.88 Å². The fourth-order valence-corrected chi connectivity index (χ4v) is 1.79. The maximum Gasteiger partial charge on any atom is 0.218 e. The summed E-state index contributed by atoms with van der Waals surface area (Å²) in [5.41, 5.74) is 6.79. The second kappa shape index (κ2) is 4.84. The van der Waals surface area contributed by atoms with Crippen LogP contribution in [0.3, 0.4) is 0 Å². The molecule has 0 spiro atoms. The molecular weight excluding hydrogens is 230 g/mol. The number of ether oxygens (including phenoxy) is 1. The topological polar surface area (TPSA) is 81.8 Å². The quantitative estimate of drug-likeness (QED) is 0.875. The average molecular weight is 245 g/mol. The molecule has 0 atom stereocenters.